The fourth-order valence-corrected chi connectivity index (χ4v) is 4.58. The van der Waals surface area contributed by atoms with Gasteiger partial charge in [0, 0.05) is 5.33 Å². The Morgan fingerprint density at radius 2 is 1.93 bits per heavy atom. The van der Waals surface area contributed by atoms with Gasteiger partial charge >= 0.3 is 0 Å². The van der Waals surface area contributed by atoms with Crippen LogP contribution in [0.1, 0.15) is 51.9 Å². The molecule has 0 heterocycles. The molecule has 0 spiro atoms. The number of halogens is 1. The molecular formula is C12H23BrS. The monoisotopic (exact) mass is 278 g/mol. The van der Waals surface area contributed by atoms with Gasteiger partial charge in [0.05, 0.1) is 0 Å². The fourth-order valence-electron chi connectivity index (χ4n) is 2.18. The van der Waals surface area contributed by atoms with Crippen molar-refractivity contribution in [3.63, 3.8) is 0 Å². The second-order valence-corrected chi connectivity index (χ2v) is 6.27. The Hall–Kier alpha value is 0.830. The third-order valence-corrected chi connectivity index (χ3v) is 5.83. The topological polar surface area (TPSA) is 0 Å². The number of alkyl halides is 1. The molecule has 0 atom stereocenters. The summed E-state index contributed by atoms with van der Waals surface area (Å²) in [6.07, 6.45) is 10.0. The summed E-state index contributed by atoms with van der Waals surface area (Å²) in [5.74, 6) is 2.77. The molecule has 14 heavy (non-hydrogen) atoms. The highest BCUT2D eigenvalue weighted by Crippen LogP contribution is 2.42. The molecule has 0 aromatic rings. The molecule has 0 radical (unpaired) electrons. The quantitative estimate of drug-likeness (QED) is 0.473. The van der Waals surface area contributed by atoms with Crippen LogP contribution in [-0.4, -0.2) is 16.8 Å². The van der Waals surface area contributed by atoms with E-state index in [1.807, 2.05) is 0 Å². The molecule has 0 aliphatic heterocycles. The predicted octanol–water partition coefficient (Wildman–Crippen LogP) is 4.87. The van der Waals surface area contributed by atoms with Crippen molar-refractivity contribution in [2.24, 2.45) is 5.41 Å². The Bertz CT molecular complexity index is 141. The SMILES string of the molecule is CCCCCSCC1(CBr)CCCC1. The average molecular weight is 279 g/mol. The second-order valence-electron chi connectivity index (χ2n) is 4.60. The molecule has 1 aliphatic carbocycles. The van der Waals surface area contributed by atoms with Crippen LogP contribution >= 0.6 is 27.7 Å². The summed E-state index contributed by atoms with van der Waals surface area (Å²) >= 11 is 5.89. The lowest BCUT2D eigenvalue weighted by Gasteiger charge is -2.25. The summed E-state index contributed by atoms with van der Waals surface area (Å²) in [5.41, 5.74) is 0.664. The summed E-state index contributed by atoms with van der Waals surface area (Å²) in [6.45, 7) is 2.28. The molecule has 1 saturated carbocycles. The zero-order chi connectivity index (χ0) is 10.3. The highest BCUT2D eigenvalue weighted by atomic mass is 79.9. The van der Waals surface area contributed by atoms with Gasteiger partial charge in [-0.05, 0) is 36.2 Å². The smallest absolute Gasteiger partial charge is 0.00958 e. The van der Waals surface area contributed by atoms with Crippen molar-refractivity contribution in [1.82, 2.24) is 0 Å². The lowest BCUT2D eigenvalue weighted by atomic mass is 9.92. The molecule has 1 aliphatic rings. The molecule has 0 unspecified atom stereocenters. The van der Waals surface area contributed by atoms with Gasteiger partial charge in [-0.1, -0.05) is 48.5 Å². The highest BCUT2D eigenvalue weighted by molar-refractivity contribution is 9.09. The lowest BCUT2D eigenvalue weighted by Crippen LogP contribution is -2.21. The molecule has 0 nitrogen and oxygen atoms in total. The number of thioether (sulfide) groups is 1. The van der Waals surface area contributed by atoms with Crippen molar-refractivity contribution in [3.8, 4) is 0 Å². The van der Waals surface area contributed by atoms with Gasteiger partial charge in [-0.3, -0.25) is 0 Å². The van der Waals surface area contributed by atoms with Crippen LogP contribution in [0, 0.1) is 5.41 Å². The molecular weight excluding hydrogens is 256 g/mol. The van der Waals surface area contributed by atoms with Crippen LogP contribution in [0.15, 0.2) is 0 Å². The minimum absolute atomic E-state index is 0.664. The first-order chi connectivity index (χ1) is 6.83. The fraction of sp³-hybridized carbons (Fsp3) is 1.00. The van der Waals surface area contributed by atoms with Crippen LogP contribution < -0.4 is 0 Å². The summed E-state index contributed by atoms with van der Waals surface area (Å²) in [7, 11) is 0. The third kappa shape index (κ3) is 4.14. The third-order valence-electron chi connectivity index (χ3n) is 3.25. The van der Waals surface area contributed by atoms with Crippen LogP contribution in [0.5, 0.6) is 0 Å². The summed E-state index contributed by atoms with van der Waals surface area (Å²) in [5, 5.41) is 1.22. The molecule has 2 heteroatoms. The van der Waals surface area contributed by atoms with Crippen LogP contribution in [0.2, 0.25) is 0 Å². The maximum atomic E-state index is 3.70. The van der Waals surface area contributed by atoms with E-state index in [0.717, 1.165) is 0 Å². The van der Waals surface area contributed by atoms with Crippen LogP contribution in [-0.2, 0) is 0 Å². The molecule has 0 saturated heterocycles. The Labute approximate surface area is 102 Å². The van der Waals surface area contributed by atoms with Crippen molar-refractivity contribution < 1.29 is 0 Å². The van der Waals surface area contributed by atoms with Crippen molar-refractivity contribution in [1.29, 1.82) is 0 Å². The zero-order valence-corrected chi connectivity index (χ0v) is 11.8. The van der Waals surface area contributed by atoms with Crippen molar-refractivity contribution >= 4 is 27.7 Å². The Morgan fingerprint density at radius 1 is 1.21 bits per heavy atom. The molecule has 1 rings (SSSR count). The van der Waals surface area contributed by atoms with E-state index in [-0.39, 0.29) is 0 Å². The van der Waals surface area contributed by atoms with Gasteiger partial charge < -0.3 is 0 Å². The molecule has 0 N–H and O–H groups in total. The van der Waals surface area contributed by atoms with Crippen molar-refractivity contribution in [2.45, 2.75) is 51.9 Å². The largest absolute Gasteiger partial charge is 0.161 e. The average Bonchev–Trinajstić information content (AvgIpc) is 2.67. The van der Waals surface area contributed by atoms with Gasteiger partial charge in [-0.25, -0.2) is 0 Å². The van der Waals surface area contributed by atoms with Gasteiger partial charge in [-0.2, -0.15) is 11.8 Å². The van der Waals surface area contributed by atoms with E-state index < -0.39 is 0 Å². The Morgan fingerprint density at radius 3 is 2.50 bits per heavy atom. The van der Waals surface area contributed by atoms with E-state index in [9.17, 15) is 0 Å². The first-order valence-corrected chi connectivity index (χ1v) is 8.24. The van der Waals surface area contributed by atoms with E-state index >= 15 is 0 Å². The molecule has 1 fully saturated rings. The molecule has 0 amide bonds. The van der Waals surface area contributed by atoms with Crippen LogP contribution in [0.25, 0.3) is 0 Å². The Balaban J connectivity index is 2.08. The summed E-state index contributed by atoms with van der Waals surface area (Å²) in [4.78, 5) is 0. The van der Waals surface area contributed by atoms with E-state index in [4.69, 9.17) is 0 Å². The van der Waals surface area contributed by atoms with Gasteiger partial charge in [0.25, 0.3) is 0 Å². The number of rotatable bonds is 7. The van der Waals surface area contributed by atoms with Crippen LogP contribution in [0.3, 0.4) is 0 Å². The molecule has 0 aromatic carbocycles. The second kappa shape index (κ2) is 7.16. The predicted molar refractivity (Wildman–Crippen MR) is 71.5 cm³/mol. The Kier molecular flexibility index (Phi) is 6.60. The standard InChI is InChI=1S/C12H23BrS/c1-2-3-6-9-14-11-12(10-13)7-4-5-8-12/h2-11H2,1H3. The van der Waals surface area contributed by atoms with Gasteiger partial charge in [0.2, 0.25) is 0 Å². The van der Waals surface area contributed by atoms with Gasteiger partial charge in [0.15, 0.2) is 0 Å². The maximum Gasteiger partial charge on any atom is 0.00958 e. The van der Waals surface area contributed by atoms with Crippen molar-refractivity contribution in [3.05, 3.63) is 0 Å². The number of unbranched alkanes of at least 4 members (excludes halogenated alkanes) is 2. The molecule has 0 bridgehead atoms. The number of hydrogen-bond donors (Lipinski definition) is 0. The van der Waals surface area contributed by atoms with E-state index in [1.165, 1.54) is 61.8 Å². The zero-order valence-electron chi connectivity index (χ0n) is 9.36. The van der Waals surface area contributed by atoms with Gasteiger partial charge in [-0.15, -0.1) is 0 Å². The van der Waals surface area contributed by atoms with Crippen LogP contribution in [0.4, 0.5) is 0 Å². The molecule has 0 aromatic heterocycles. The van der Waals surface area contributed by atoms with Gasteiger partial charge in [0.1, 0.15) is 0 Å². The lowest BCUT2D eigenvalue weighted by molar-refractivity contribution is 0.405. The summed E-state index contributed by atoms with van der Waals surface area (Å²) in [6, 6.07) is 0. The van der Waals surface area contributed by atoms with E-state index in [2.05, 4.69) is 34.6 Å². The minimum atomic E-state index is 0.664. The normalized spacial score (nSPS) is 20.1. The molecule has 84 valence electrons. The number of hydrogen-bond acceptors (Lipinski definition) is 1. The van der Waals surface area contributed by atoms with E-state index in [0.29, 0.717) is 5.41 Å². The summed E-state index contributed by atoms with van der Waals surface area (Å²) < 4.78 is 0. The van der Waals surface area contributed by atoms with E-state index in [1.54, 1.807) is 0 Å². The first-order valence-electron chi connectivity index (χ1n) is 5.97. The van der Waals surface area contributed by atoms with Crippen molar-refractivity contribution in [2.75, 3.05) is 16.8 Å². The minimum Gasteiger partial charge on any atom is -0.161 e. The first kappa shape index (κ1) is 12.9. The maximum absolute atomic E-state index is 3.70. The highest BCUT2D eigenvalue weighted by Gasteiger charge is 2.32.